The van der Waals surface area contributed by atoms with Gasteiger partial charge in [-0.25, -0.2) is 9.67 Å². The second kappa shape index (κ2) is 5.65. The highest BCUT2D eigenvalue weighted by Gasteiger charge is 2.11. The fourth-order valence-corrected chi connectivity index (χ4v) is 2.05. The zero-order chi connectivity index (χ0) is 13.8. The number of rotatable bonds is 4. The summed E-state index contributed by atoms with van der Waals surface area (Å²) < 4.78 is 1.81. The highest BCUT2D eigenvalue weighted by molar-refractivity contribution is 5.73. The quantitative estimate of drug-likeness (QED) is 0.907. The zero-order valence-electron chi connectivity index (χ0n) is 11.4. The molecule has 0 aliphatic rings. The highest BCUT2D eigenvalue weighted by atomic mass is 16.1. The lowest BCUT2D eigenvalue weighted by Gasteiger charge is -2.13. The molecule has 1 heterocycles. The van der Waals surface area contributed by atoms with E-state index in [1.807, 2.05) is 36.7 Å². The van der Waals surface area contributed by atoms with Gasteiger partial charge in [-0.3, -0.25) is 4.79 Å². The van der Waals surface area contributed by atoms with Crippen molar-refractivity contribution in [1.29, 1.82) is 0 Å². The minimum Gasteiger partial charge on any atom is -0.353 e. The molecule has 1 aromatic heterocycles. The number of aryl methyl sites for hydroxylation is 1. The van der Waals surface area contributed by atoms with Gasteiger partial charge in [-0.1, -0.05) is 12.1 Å². The summed E-state index contributed by atoms with van der Waals surface area (Å²) in [5, 5.41) is 7.10. The lowest BCUT2D eigenvalue weighted by Crippen LogP contribution is -2.32. The topological polar surface area (TPSA) is 59.8 Å². The molecule has 1 atom stereocenters. The molecule has 1 N–H and O–H groups in total. The van der Waals surface area contributed by atoms with E-state index < -0.39 is 0 Å². The van der Waals surface area contributed by atoms with Crippen LogP contribution < -0.4 is 5.32 Å². The van der Waals surface area contributed by atoms with Gasteiger partial charge in [0, 0.05) is 19.4 Å². The van der Waals surface area contributed by atoms with E-state index in [1.165, 1.54) is 18.8 Å². The molecule has 0 radical (unpaired) electrons. The summed E-state index contributed by atoms with van der Waals surface area (Å²) in [7, 11) is 0. The molecular weight excluding hydrogens is 240 g/mol. The maximum atomic E-state index is 11.0. The fourth-order valence-electron chi connectivity index (χ4n) is 2.05. The Balaban J connectivity index is 2.20. The van der Waals surface area contributed by atoms with E-state index in [0.717, 1.165) is 11.5 Å². The molecule has 0 spiro atoms. The smallest absolute Gasteiger partial charge is 0.217 e. The number of hydrogen-bond acceptors (Lipinski definition) is 3. The molecule has 2 rings (SSSR count). The third-order valence-electron chi connectivity index (χ3n) is 2.80. The second-order valence-electron chi connectivity index (χ2n) is 4.73. The van der Waals surface area contributed by atoms with Gasteiger partial charge in [0.25, 0.3) is 0 Å². The van der Waals surface area contributed by atoms with Crippen molar-refractivity contribution < 1.29 is 4.79 Å². The predicted molar refractivity (Wildman–Crippen MR) is 73.1 cm³/mol. The van der Waals surface area contributed by atoms with Gasteiger partial charge in [-0.15, -0.1) is 0 Å². The van der Waals surface area contributed by atoms with Crippen LogP contribution in [0.3, 0.4) is 0 Å². The number of nitrogens with zero attached hydrogens (tertiary/aromatic N) is 3. The Morgan fingerprint density at radius 1 is 1.47 bits per heavy atom. The lowest BCUT2D eigenvalue weighted by atomic mass is 10.2. The van der Waals surface area contributed by atoms with Gasteiger partial charge in [-0.05, 0) is 31.5 Å². The Hall–Kier alpha value is -2.17. The number of nitrogens with one attached hydrogen (secondary N) is 1. The molecular formula is C14H18N4O. The first kappa shape index (κ1) is 13.3. The van der Waals surface area contributed by atoms with Gasteiger partial charge in [0.05, 0.1) is 5.69 Å². The Kier molecular flexibility index (Phi) is 3.94. The van der Waals surface area contributed by atoms with Crippen LogP contribution in [0.5, 0.6) is 0 Å². The maximum absolute atomic E-state index is 11.0. The number of amides is 1. The van der Waals surface area contributed by atoms with Crippen LogP contribution in [0.25, 0.3) is 5.69 Å². The highest BCUT2D eigenvalue weighted by Crippen LogP contribution is 2.11. The minimum atomic E-state index is -0.0332. The first-order valence-electron chi connectivity index (χ1n) is 6.29. The van der Waals surface area contributed by atoms with E-state index in [-0.39, 0.29) is 11.9 Å². The third-order valence-corrected chi connectivity index (χ3v) is 2.80. The number of carbonyl (C=O) groups excluding carboxylic acids is 1. The Labute approximate surface area is 112 Å². The van der Waals surface area contributed by atoms with Crippen molar-refractivity contribution in [2.24, 2.45) is 0 Å². The normalized spacial score (nSPS) is 12.2. The molecule has 19 heavy (non-hydrogen) atoms. The molecule has 1 amide bonds. The van der Waals surface area contributed by atoms with Gasteiger partial charge < -0.3 is 5.32 Å². The van der Waals surface area contributed by atoms with Crippen molar-refractivity contribution in [3.63, 3.8) is 0 Å². The Morgan fingerprint density at radius 2 is 2.26 bits per heavy atom. The van der Waals surface area contributed by atoms with Crippen LogP contribution in [0.15, 0.2) is 30.6 Å². The first-order valence-corrected chi connectivity index (χ1v) is 6.29. The van der Waals surface area contributed by atoms with Crippen LogP contribution in [0.2, 0.25) is 0 Å². The van der Waals surface area contributed by atoms with Gasteiger partial charge in [0.15, 0.2) is 0 Å². The van der Waals surface area contributed by atoms with Gasteiger partial charge in [0.2, 0.25) is 5.91 Å². The molecule has 0 aliphatic heterocycles. The molecule has 0 bridgehead atoms. The molecule has 0 saturated heterocycles. The van der Waals surface area contributed by atoms with Crippen LogP contribution in [0.1, 0.15) is 25.2 Å². The van der Waals surface area contributed by atoms with Crippen LogP contribution in [0.4, 0.5) is 0 Å². The third kappa shape index (κ3) is 3.40. The maximum Gasteiger partial charge on any atom is 0.217 e. The summed E-state index contributed by atoms with van der Waals surface area (Å²) in [5.41, 5.74) is 2.16. The second-order valence-corrected chi connectivity index (χ2v) is 4.73. The Morgan fingerprint density at radius 3 is 2.95 bits per heavy atom. The molecule has 100 valence electrons. The number of hydrogen-bond donors (Lipinski definition) is 1. The first-order chi connectivity index (χ1) is 9.06. The van der Waals surface area contributed by atoms with Crippen molar-refractivity contribution in [2.75, 3.05) is 0 Å². The lowest BCUT2D eigenvalue weighted by molar-refractivity contribution is -0.119. The number of aromatic nitrogens is 3. The average molecular weight is 258 g/mol. The summed E-state index contributed by atoms with van der Waals surface area (Å²) in [4.78, 5) is 15.3. The van der Waals surface area contributed by atoms with Crippen molar-refractivity contribution in [3.8, 4) is 5.69 Å². The molecule has 1 unspecified atom stereocenters. The summed E-state index contributed by atoms with van der Waals surface area (Å²) >= 11 is 0. The summed E-state index contributed by atoms with van der Waals surface area (Å²) in [6.45, 7) is 5.51. The van der Waals surface area contributed by atoms with Crippen LogP contribution in [-0.2, 0) is 11.2 Å². The van der Waals surface area contributed by atoms with E-state index in [0.29, 0.717) is 6.42 Å². The van der Waals surface area contributed by atoms with Gasteiger partial charge >= 0.3 is 0 Å². The molecule has 5 heteroatoms. The molecule has 5 nitrogen and oxygen atoms in total. The summed E-state index contributed by atoms with van der Waals surface area (Å²) in [5.74, 6) is 0.806. The van der Waals surface area contributed by atoms with Crippen molar-refractivity contribution in [3.05, 3.63) is 42.0 Å². The van der Waals surface area contributed by atoms with Crippen LogP contribution in [-0.4, -0.2) is 26.7 Å². The van der Waals surface area contributed by atoms with E-state index in [2.05, 4.69) is 21.5 Å². The van der Waals surface area contributed by atoms with Gasteiger partial charge in [0.1, 0.15) is 12.2 Å². The standard InChI is InChI=1S/C14H18N4O/c1-10-5-4-6-13(7-10)18-14(15-9-16-18)8-11(2)17-12(3)19/h4-7,9,11H,8H2,1-3H3,(H,17,19). The zero-order valence-corrected chi connectivity index (χ0v) is 11.4. The predicted octanol–water partition coefficient (Wildman–Crippen LogP) is 1.64. The summed E-state index contributed by atoms with van der Waals surface area (Å²) in [6, 6.07) is 8.12. The molecule has 0 fully saturated rings. The monoisotopic (exact) mass is 258 g/mol. The van der Waals surface area contributed by atoms with Crippen LogP contribution >= 0.6 is 0 Å². The Bertz CT molecular complexity index is 576. The SMILES string of the molecule is CC(=O)NC(C)Cc1ncnn1-c1cccc(C)c1. The van der Waals surface area contributed by atoms with Gasteiger partial charge in [-0.2, -0.15) is 5.10 Å². The number of benzene rings is 1. The number of carbonyl (C=O) groups is 1. The molecule has 2 aromatic rings. The summed E-state index contributed by atoms with van der Waals surface area (Å²) in [6.07, 6.45) is 2.19. The fraction of sp³-hybridized carbons (Fsp3) is 0.357. The molecule has 0 aliphatic carbocycles. The molecule has 0 saturated carbocycles. The van der Waals surface area contributed by atoms with E-state index in [9.17, 15) is 4.79 Å². The van der Waals surface area contributed by atoms with Crippen molar-refractivity contribution in [2.45, 2.75) is 33.2 Å². The van der Waals surface area contributed by atoms with E-state index in [4.69, 9.17) is 0 Å². The molecule has 1 aromatic carbocycles. The van der Waals surface area contributed by atoms with E-state index in [1.54, 1.807) is 0 Å². The van der Waals surface area contributed by atoms with Crippen LogP contribution in [0, 0.1) is 6.92 Å². The largest absolute Gasteiger partial charge is 0.353 e. The minimum absolute atomic E-state index is 0.0326. The average Bonchev–Trinajstić information content (AvgIpc) is 2.75. The van der Waals surface area contributed by atoms with E-state index >= 15 is 0 Å². The van der Waals surface area contributed by atoms with Crippen molar-refractivity contribution >= 4 is 5.91 Å². The van der Waals surface area contributed by atoms with Crippen molar-refractivity contribution in [1.82, 2.24) is 20.1 Å².